The molecule has 0 amide bonds. The van der Waals surface area contributed by atoms with Crippen molar-refractivity contribution in [3.8, 4) is 11.5 Å². The summed E-state index contributed by atoms with van der Waals surface area (Å²) in [6.07, 6.45) is 1.99. The Hall–Kier alpha value is -2.91. The molecule has 0 aliphatic heterocycles. The van der Waals surface area contributed by atoms with E-state index >= 15 is 0 Å². The minimum absolute atomic E-state index is 0.101. The summed E-state index contributed by atoms with van der Waals surface area (Å²) < 4.78 is 71.0. The highest BCUT2D eigenvalue weighted by Gasteiger charge is 2.42. The Labute approximate surface area is 155 Å². The van der Waals surface area contributed by atoms with Crippen molar-refractivity contribution in [3.05, 3.63) is 59.3 Å². The molecule has 0 radical (unpaired) electrons. The fourth-order valence-electron chi connectivity index (χ4n) is 3.37. The normalized spacial score (nSPS) is 15.6. The van der Waals surface area contributed by atoms with Gasteiger partial charge in [-0.15, -0.1) is 10.2 Å². The predicted octanol–water partition coefficient (Wildman–Crippen LogP) is 4.55. The molecule has 5 nitrogen and oxygen atoms in total. The van der Waals surface area contributed by atoms with Crippen molar-refractivity contribution in [2.75, 3.05) is 0 Å². The van der Waals surface area contributed by atoms with E-state index in [4.69, 9.17) is 4.42 Å². The van der Waals surface area contributed by atoms with E-state index in [0.717, 1.165) is 12.5 Å². The molecule has 1 aromatic carbocycles. The number of rotatable bonds is 5. The molecule has 1 aliphatic rings. The van der Waals surface area contributed by atoms with Crippen molar-refractivity contribution in [2.24, 2.45) is 0 Å². The lowest BCUT2D eigenvalue weighted by molar-refractivity contribution is 0.116. The van der Waals surface area contributed by atoms with Gasteiger partial charge in [0.1, 0.15) is 11.6 Å². The molecular weight excluding hydrogens is 383 g/mol. The summed E-state index contributed by atoms with van der Waals surface area (Å²) in [5.74, 6) is -3.75. The first kappa shape index (κ1) is 18.5. The second kappa shape index (κ2) is 6.92. The van der Waals surface area contributed by atoms with E-state index in [9.17, 15) is 22.0 Å². The van der Waals surface area contributed by atoms with E-state index in [0.29, 0.717) is 24.7 Å². The minimum atomic E-state index is -2.88. The first-order valence-corrected chi connectivity index (χ1v) is 8.46. The number of hydrogen-bond donors (Lipinski definition) is 0. The molecule has 28 heavy (non-hydrogen) atoms. The third-order valence-corrected chi connectivity index (χ3v) is 4.97. The van der Waals surface area contributed by atoms with Crippen LogP contribution in [-0.4, -0.2) is 20.2 Å². The maximum Gasteiger partial charge on any atom is 0.314 e. The van der Waals surface area contributed by atoms with Gasteiger partial charge in [0.25, 0.3) is 11.8 Å². The molecule has 0 bridgehead atoms. The Bertz CT molecular complexity index is 1000. The summed E-state index contributed by atoms with van der Waals surface area (Å²) in [4.78, 5) is 8.31. The Morgan fingerprint density at radius 3 is 2.21 bits per heavy atom. The monoisotopic (exact) mass is 396 g/mol. The van der Waals surface area contributed by atoms with Gasteiger partial charge in [-0.05, 0) is 24.5 Å². The maximum atomic E-state index is 14.3. The van der Waals surface area contributed by atoms with Crippen LogP contribution < -0.4 is 0 Å². The van der Waals surface area contributed by atoms with E-state index in [-0.39, 0.29) is 23.4 Å². The van der Waals surface area contributed by atoms with E-state index < -0.39 is 35.2 Å². The zero-order valence-corrected chi connectivity index (χ0v) is 14.3. The molecule has 0 N–H and O–H groups in total. The van der Waals surface area contributed by atoms with Gasteiger partial charge in [-0.1, -0.05) is 6.42 Å². The summed E-state index contributed by atoms with van der Waals surface area (Å²) in [5, 5.41) is 6.74. The third-order valence-electron chi connectivity index (χ3n) is 4.97. The molecule has 0 unspecified atom stereocenters. The number of hydrogen-bond acceptors (Lipinski definition) is 5. The lowest BCUT2D eigenvalue weighted by Crippen LogP contribution is -2.38. The average Bonchev–Trinajstić information content (AvgIpc) is 3.13. The molecule has 3 aromatic rings. The minimum Gasteiger partial charge on any atom is -0.415 e. The van der Waals surface area contributed by atoms with Crippen molar-refractivity contribution in [3.63, 3.8) is 0 Å². The molecule has 10 heteroatoms. The first-order valence-electron chi connectivity index (χ1n) is 8.46. The lowest BCUT2D eigenvalue weighted by Gasteiger charge is -2.42. The fourth-order valence-corrected chi connectivity index (χ4v) is 3.37. The molecule has 0 spiro atoms. The van der Waals surface area contributed by atoms with Gasteiger partial charge in [-0.3, -0.25) is 0 Å². The van der Waals surface area contributed by atoms with Crippen LogP contribution in [0, 0.1) is 17.5 Å². The van der Waals surface area contributed by atoms with Crippen molar-refractivity contribution >= 4 is 0 Å². The van der Waals surface area contributed by atoms with Crippen molar-refractivity contribution in [1.29, 1.82) is 0 Å². The summed E-state index contributed by atoms with van der Waals surface area (Å²) in [6.45, 7) is 0. The summed E-state index contributed by atoms with van der Waals surface area (Å²) in [7, 11) is 0. The zero-order valence-electron chi connectivity index (χ0n) is 14.3. The second-order valence-electron chi connectivity index (χ2n) is 6.69. The molecular formula is C18H13F5N4O. The van der Waals surface area contributed by atoms with Crippen LogP contribution in [0.5, 0.6) is 0 Å². The number of halogens is 5. The van der Waals surface area contributed by atoms with Gasteiger partial charge in [0.05, 0.1) is 5.56 Å². The fraction of sp³-hybridized carbons (Fsp3) is 0.333. The number of nitrogens with zero attached hydrogens (tertiary/aromatic N) is 4. The zero-order chi connectivity index (χ0) is 19.9. The maximum absolute atomic E-state index is 14.3. The van der Waals surface area contributed by atoms with E-state index in [2.05, 4.69) is 20.2 Å². The summed E-state index contributed by atoms with van der Waals surface area (Å²) in [5.41, 5.74) is -0.360. The third kappa shape index (κ3) is 3.23. The largest absolute Gasteiger partial charge is 0.415 e. The van der Waals surface area contributed by atoms with E-state index in [1.54, 1.807) is 0 Å². The Morgan fingerprint density at radius 1 is 0.964 bits per heavy atom. The number of benzene rings is 1. The smallest absolute Gasteiger partial charge is 0.314 e. The van der Waals surface area contributed by atoms with Gasteiger partial charge in [-0.2, -0.15) is 8.78 Å². The van der Waals surface area contributed by atoms with Gasteiger partial charge < -0.3 is 4.42 Å². The lowest BCUT2D eigenvalue weighted by atomic mass is 9.62. The Morgan fingerprint density at radius 2 is 1.64 bits per heavy atom. The molecule has 146 valence electrons. The molecule has 2 heterocycles. The van der Waals surface area contributed by atoms with Gasteiger partial charge in [0.15, 0.2) is 11.6 Å². The van der Waals surface area contributed by atoms with Crippen LogP contribution in [0.4, 0.5) is 22.0 Å². The molecule has 1 aliphatic carbocycles. The van der Waals surface area contributed by atoms with Gasteiger partial charge in [-0.25, -0.2) is 23.1 Å². The van der Waals surface area contributed by atoms with E-state index in [1.165, 1.54) is 12.4 Å². The average molecular weight is 396 g/mol. The highest BCUT2D eigenvalue weighted by molar-refractivity contribution is 5.48. The van der Waals surface area contributed by atoms with Crippen LogP contribution in [0.2, 0.25) is 0 Å². The van der Waals surface area contributed by atoms with E-state index in [1.807, 2.05) is 0 Å². The highest BCUT2D eigenvalue weighted by Crippen LogP contribution is 2.47. The predicted molar refractivity (Wildman–Crippen MR) is 85.8 cm³/mol. The highest BCUT2D eigenvalue weighted by atomic mass is 19.3. The van der Waals surface area contributed by atoms with Crippen LogP contribution in [0.25, 0.3) is 11.5 Å². The van der Waals surface area contributed by atoms with Crippen molar-refractivity contribution in [1.82, 2.24) is 20.2 Å². The van der Waals surface area contributed by atoms with Gasteiger partial charge in [0, 0.05) is 30.3 Å². The van der Waals surface area contributed by atoms with Gasteiger partial charge in [0.2, 0.25) is 0 Å². The first-order chi connectivity index (χ1) is 13.4. The van der Waals surface area contributed by atoms with Crippen LogP contribution in [0.1, 0.15) is 43.0 Å². The molecule has 1 saturated carbocycles. The summed E-state index contributed by atoms with van der Waals surface area (Å²) >= 11 is 0. The van der Waals surface area contributed by atoms with Crippen LogP contribution >= 0.6 is 0 Å². The topological polar surface area (TPSA) is 64.7 Å². The van der Waals surface area contributed by atoms with Crippen LogP contribution in [0.3, 0.4) is 0 Å². The molecule has 4 rings (SSSR count). The quantitative estimate of drug-likeness (QED) is 0.468. The van der Waals surface area contributed by atoms with Gasteiger partial charge >= 0.3 is 6.43 Å². The number of aromatic nitrogens is 4. The van der Waals surface area contributed by atoms with Crippen LogP contribution in [-0.2, 0) is 11.8 Å². The molecule has 2 aromatic heterocycles. The summed E-state index contributed by atoms with van der Waals surface area (Å²) in [6, 6.07) is 1.44. The van der Waals surface area contributed by atoms with Crippen molar-refractivity contribution in [2.45, 2.75) is 37.5 Å². The Kier molecular flexibility index (Phi) is 4.56. The second-order valence-corrected chi connectivity index (χ2v) is 6.69. The van der Waals surface area contributed by atoms with Crippen LogP contribution in [0.15, 0.2) is 28.9 Å². The van der Waals surface area contributed by atoms with Crippen molar-refractivity contribution < 1.29 is 26.4 Å². The standard InChI is InChI=1S/C18H13F5N4O/c19-11-5-13(21)12(20)4-10(11)18(2-1-3-18)6-14-24-7-9(8-25-14)16-26-27-17(28-16)15(22)23/h4-5,7-8,15H,1-3,6H2. The molecule has 1 fully saturated rings. The number of alkyl halides is 2. The Balaban J connectivity index is 1.58. The SMILES string of the molecule is Fc1cc(F)c(C2(Cc3ncc(-c4nnc(C(F)F)o4)cn3)CCC2)cc1F. The molecule has 0 atom stereocenters. The molecule has 0 saturated heterocycles.